The molecule has 0 unspecified atom stereocenters. The van der Waals surface area contributed by atoms with Crippen LogP contribution in [0.1, 0.15) is 0 Å². The number of hydrogen-bond donors (Lipinski definition) is 0. The van der Waals surface area contributed by atoms with Crippen molar-refractivity contribution in [2.24, 2.45) is 0 Å². The molecule has 1 fully saturated rings. The predicted molar refractivity (Wildman–Crippen MR) is 65.1 cm³/mol. The highest BCUT2D eigenvalue weighted by Gasteiger charge is 2.36. The van der Waals surface area contributed by atoms with Crippen molar-refractivity contribution in [2.45, 2.75) is 10.5 Å². The van der Waals surface area contributed by atoms with E-state index >= 15 is 0 Å². The summed E-state index contributed by atoms with van der Waals surface area (Å²) in [4.78, 5) is 0. The molecule has 3 nitrogen and oxygen atoms in total. The summed E-state index contributed by atoms with van der Waals surface area (Å²) in [6, 6.07) is 0. The summed E-state index contributed by atoms with van der Waals surface area (Å²) in [6.07, 6.45) is 0. The Morgan fingerprint density at radius 1 is 1.17 bits per heavy atom. The van der Waals surface area contributed by atoms with Gasteiger partial charge in [0.15, 0.2) is 9.84 Å². The van der Waals surface area contributed by atoms with E-state index in [0.29, 0.717) is 22.1 Å². The molecule has 0 aromatic rings. The maximum atomic E-state index is 11.7. The average molecular weight is 416 g/mol. The van der Waals surface area contributed by atoms with Crippen LogP contribution in [0.2, 0.25) is 0 Å². The van der Waals surface area contributed by atoms with Crippen molar-refractivity contribution in [1.29, 1.82) is 0 Å². The fraction of sp³-hybridized carbons (Fsp3) is 1.00. The third kappa shape index (κ3) is 2.24. The zero-order chi connectivity index (χ0) is 9.19. The van der Waals surface area contributed by atoms with Gasteiger partial charge >= 0.3 is 0 Å². The van der Waals surface area contributed by atoms with Crippen molar-refractivity contribution < 1.29 is 13.2 Å². The molecule has 0 aliphatic carbocycles. The van der Waals surface area contributed by atoms with Gasteiger partial charge in [0, 0.05) is 8.86 Å². The first-order valence-corrected chi connectivity index (χ1v) is 8.21. The van der Waals surface area contributed by atoms with Gasteiger partial charge in [-0.15, -0.1) is 0 Å². The average Bonchev–Trinajstić information content (AvgIpc) is 2.03. The monoisotopic (exact) mass is 416 g/mol. The zero-order valence-electron chi connectivity index (χ0n) is 6.37. The molecular formula is C6H10I2O3S. The highest BCUT2D eigenvalue weighted by molar-refractivity contribution is 14.1. The summed E-state index contributed by atoms with van der Waals surface area (Å²) in [5.74, 6) is 0. The Bertz CT molecular complexity index is 221. The zero-order valence-corrected chi connectivity index (χ0v) is 11.5. The standard InChI is InChI=1S/C6H10I2O3S/c7-1-5-3-11-4-6(2-8)12(5,9)10/h5-6H,1-4H2/t5-,6+. The molecule has 1 aliphatic heterocycles. The van der Waals surface area contributed by atoms with Crippen LogP contribution in [0.4, 0.5) is 0 Å². The maximum absolute atomic E-state index is 11.7. The molecule has 0 saturated carbocycles. The molecule has 1 saturated heterocycles. The van der Waals surface area contributed by atoms with Gasteiger partial charge in [0.05, 0.1) is 23.7 Å². The lowest BCUT2D eigenvalue weighted by molar-refractivity contribution is 0.128. The second-order valence-electron chi connectivity index (χ2n) is 2.68. The minimum absolute atomic E-state index is 0.286. The van der Waals surface area contributed by atoms with Gasteiger partial charge < -0.3 is 4.74 Å². The van der Waals surface area contributed by atoms with Gasteiger partial charge in [-0.05, 0) is 0 Å². The largest absolute Gasteiger partial charge is 0.379 e. The van der Waals surface area contributed by atoms with Gasteiger partial charge in [0.1, 0.15) is 0 Å². The quantitative estimate of drug-likeness (QED) is 0.500. The van der Waals surface area contributed by atoms with Gasteiger partial charge in [-0.3, -0.25) is 0 Å². The molecule has 1 rings (SSSR count). The Hall–Kier alpha value is 1.37. The van der Waals surface area contributed by atoms with Crippen molar-refractivity contribution in [3.63, 3.8) is 0 Å². The Morgan fingerprint density at radius 2 is 1.58 bits per heavy atom. The lowest BCUT2D eigenvalue weighted by Gasteiger charge is -2.27. The fourth-order valence-electron chi connectivity index (χ4n) is 1.06. The number of alkyl halides is 2. The topological polar surface area (TPSA) is 43.4 Å². The Morgan fingerprint density at radius 3 is 1.92 bits per heavy atom. The van der Waals surface area contributed by atoms with Gasteiger partial charge in [0.25, 0.3) is 0 Å². The molecule has 12 heavy (non-hydrogen) atoms. The summed E-state index contributed by atoms with van der Waals surface area (Å²) >= 11 is 4.19. The molecule has 0 spiro atoms. The van der Waals surface area contributed by atoms with Crippen LogP contribution in [0, 0.1) is 0 Å². The van der Waals surface area contributed by atoms with Crippen LogP contribution < -0.4 is 0 Å². The lowest BCUT2D eigenvalue weighted by Crippen LogP contribution is -2.45. The van der Waals surface area contributed by atoms with E-state index in [9.17, 15) is 8.42 Å². The molecule has 0 bridgehead atoms. The molecule has 1 heterocycles. The maximum Gasteiger partial charge on any atom is 0.162 e. The van der Waals surface area contributed by atoms with E-state index in [1.54, 1.807) is 0 Å². The van der Waals surface area contributed by atoms with Crippen molar-refractivity contribution in [3.05, 3.63) is 0 Å². The summed E-state index contributed by atoms with van der Waals surface area (Å²) in [5, 5.41) is -0.571. The smallest absolute Gasteiger partial charge is 0.162 e. The third-order valence-corrected chi connectivity index (χ3v) is 7.67. The predicted octanol–water partition coefficient (Wildman–Crippen LogP) is 1.04. The molecule has 0 N–H and O–H groups in total. The molecule has 0 amide bonds. The molecule has 0 aromatic heterocycles. The van der Waals surface area contributed by atoms with Crippen molar-refractivity contribution in [1.82, 2.24) is 0 Å². The number of halogens is 2. The van der Waals surface area contributed by atoms with Crippen molar-refractivity contribution in [3.8, 4) is 0 Å². The van der Waals surface area contributed by atoms with E-state index in [1.807, 2.05) is 0 Å². The number of hydrogen-bond acceptors (Lipinski definition) is 3. The second kappa shape index (κ2) is 4.74. The van der Waals surface area contributed by atoms with E-state index in [2.05, 4.69) is 45.2 Å². The van der Waals surface area contributed by atoms with Crippen molar-refractivity contribution >= 4 is 55.0 Å². The lowest BCUT2D eigenvalue weighted by atomic mass is 10.4. The van der Waals surface area contributed by atoms with E-state index < -0.39 is 9.84 Å². The number of sulfone groups is 1. The van der Waals surface area contributed by atoms with Crippen LogP contribution in [0.3, 0.4) is 0 Å². The molecular weight excluding hydrogens is 406 g/mol. The molecule has 6 heteroatoms. The van der Waals surface area contributed by atoms with Crippen LogP contribution in [0.25, 0.3) is 0 Å². The summed E-state index contributed by atoms with van der Waals surface area (Å²) in [7, 11) is -2.90. The first-order valence-electron chi connectivity index (χ1n) is 3.55. The van der Waals surface area contributed by atoms with Crippen LogP contribution in [-0.4, -0.2) is 41.0 Å². The molecule has 0 aromatic carbocycles. The fourth-order valence-corrected chi connectivity index (χ4v) is 6.04. The minimum Gasteiger partial charge on any atom is -0.379 e. The molecule has 1 aliphatic rings. The number of rotatable bonds is 2. The normalized spacial score (nSPS) is 34.8. The van der Waals surface area contributed by atoms with Crippen LogP contribution in [0.5, 0.6) is 0 Å². The van der Waals surface area contributed by atoms with Gasteiger partial charge in [0.2, 0.25) is 0 Å². The van der Waals surface area contributed by atoms with Crippen molar-refractivity contribution in [2.75, 3.05) is 22.1 Å². The van der Waals surface area contributed by atoms with Gasteiger partial charge in [-0.2, -0.15) is 0 Å². The first-order chi connectivity index (χ1) is 5.62. The third-order valence-electron chi connectivity index (χ3n) is 1.88. The first kappa shape index (κ1) is 11.4. The van der Waals surface area contributed by atoms with Gasteiger partial charge in [-0.1, -0.05) is 45.2 Å². The summed E-state index contributed by atoms with van der Waals surface area (Å²) < 4.78 is 29.9. The Balaban J connectivity index is 2.82. The van der Waals surface area contributed by atoms with E-state index in [4.69, 9.17) is 4.74 Å². The minimum atomic E-state index is -2.90. The molecule has 72 valence electrons. The van der Waals surface area contributed by atoms with E-state index in [0.717, 1.165) is 0 Å². The summed E-state index contributed by atoms with van der Waals surface area (Å²) in [5.41, 5.74) is 0. The summed E-state index contributed by atoms with van der Waals surface area (Å²) in [6.45, 7) is 0.747. The highest BCUT2D eigenvalue weighted by atomic mass is 127. The van der Waals surface area contributed by atoms with Gasteiger partial charge in [-0.25, -0.2) is 8.42 Å². The molecule has 0 radical (unpaired) electrons. The molecule has 2 atom stereocenters. The highest BCUT2D eigenvalue weighted by Crippen LogP contribution is 2.20. The number of ether oxygens (including phenoxy) is 1. The Kier molecular flexibility index (Phi) is 4.52. The van der Waals surface area contributed by atoms with E-state index in [-0.39, 0.29) is 10.5 Å². The van der Waals surface area contributed by atoms with E-state index in [1.165, 1.54) is 0 Å². The Labute approximate surface area is 99.8 Å². The SMILES string of the molecule is O=S1(=O)[C@H](CI)COC[C@@H]1CI. The van der Waals surface area contributed by atoms with Crippen LogP contribution in [0.15, 0.2) is 0 Å². The second-order valence-corrected chi connectivity index (χ2v) is 6.95. The van der Waals surface area contributed by atoms with Crippen LogP contribution in [-0.2, 0) is 14.6 Å². The van der Waals surface area contributed by atoms with Crippen LogP contribution >= 0.6 is 45.2 Å².